The van der Waals surface area contributed by atoms with E-state index in [-0.39, 0.29) is 17.0 Å². The minimum Gasteiger partial charge on any atom is -0.207 e. The van der Waals surface area contributed by atoms with Crippen LogP contribution in [0.25, 0.3) is 0 Å². The molecule has 2 rings (SSSR count). The van der Waals surface area contributed by atoms with Crippen LogP contribution in [0.2, 0.25) is 0 Å². The van der Waals surface area contributed by atoms with Crippen molar-refractivity contribution in [3.8, 4) is 6.07 Å². The Labute approximate surface area is 122 Å². The Kier molecular flexibility index (Phi) is 4.36. The second kappa shape index (κ2) is 6.04. The van der Waals surface area contributed by atoms with Crippen LogP contribution in [-0.4, -0.2) is 8.42 Å². The lowest BCUT2D eigenvalue weighted by Crippen LogP contribution is -2.23. The molecule has 2 aromatic carbocycles. The highest BCUT2D eigenvalue weighted by Gasteiger charge is 2.16. The molecule has 0 aromatic heterocycles. The maximum absolute atomic E-state index is 13.2. The number of nitrogens with zero attached hydrogens (tertiary/aromatic N) is 1. The number of rotatable bonds is 4. The van der Waals surface area contributed by atoms with E-state index in [4.69, 9.17) is 5.26 Å². The zero-order chi connectivity index (χ0) is 15.5. The summed E-state index contributed by atoms with van der Waals surface area (Å²) in [5, 5.41) is 8.74. The number of sulfonamides is 1. The highest BCUT2D eigenvalue weighted by atomic mass is 32.2. The molecule has 0 atom stereocenters. The van der Waals surface area contributed by atoms with Crippen LogP contribution in [0.1, 0.15) is 16.7 Å². The SMILES string of the molecule is Cc1cccc(CNS(=O)(=O)c2ccc(F)c(C#N)c2)c1. The van der Waals surface area contributed by atoms with E-state index >= 15 is 0 Å². The highest BCUT2D eigenvalue weighted by Crippen LogP contribution is 2.15. The number of nitrogens with one attached hydrogen (secondary N) is 1. The monoisotopic (exact) mass is 304 g/mol. The number of aryl methyl sites for hydroxylation is 1. The van der Waals surface area contributed by atoms with Gasteiger partial charge in [-0.2, -0.15) is 5.26 Å². The lowest BCUT2D eigenvalue weighted by molar-refractivity contribution is 0.580. The summed E-state index contributed by atoms with van der Waals surface area (Å²) in [4.78, 5) is -0.131. The van der Waals surface area contributed by atoms with Gasteiger partial charge in [0.1, 0.15) is 11.9 Å². The zero-order valence-corrected chi connectivity index (χ0v) is 12.1. The van der Waals surface area contributed by atoms with Crippen LogP contribution < -0.4 is 4.72 Å². The van der Waals surface area contributed by atoms with Crippen LogP contribution in [0.3, 0.4) is 0 Å². The molecule has 108 valence electrons. The van der Waals surface area contributed by atoms with Crippen molar-refractivity contribution in [3.63, 3.8) is 0 Å². The van der Waals surface area contributed by atoms with Crippen molar-refractivity contribution in [2.75, 3.05) is 0 Å². The van der Waals surface area contributed by atoms with Crippen LogP contribution in [0.5, 0.6) is 0 Å². The molecule has 0 spiro atoms. The van der Waals surface area contributed by atoms with Crippen molar-refractivity contribution in [2.45, 2.75) is 18.4 Å². The quantitative estimate of drug-likeness (QED) is 0.943. The normalized spacial score (nSPS) is 11.1. The molecule has 0 aliphatic rings. The van der Waals surface area contributed by atoms with Crippen molar-refractivity contribution in [2.24, 2.45) is 0 Å². The summed E-state index contributed by atoms with van der Waals surface area (Å²) in [5.74, 6) is -0.741. The third-order valence-electron chi connectivity index (χ3n) is 2.92. The summed E-state index contributed by atoms with van der Waals surface area (Å²) in [6.07, 6.45) is 0. The van der Waals surface area contributed by atoms with Crippen molar-refractivity contribution in [3.05, 3.63) is 65.0 Å². The molecular formula is C15H13FN2O2S. The van der Waals surface area contributed by atoms with Gasteiger partial charge in [0.25, 0.3) is 0 Å². The van der Waals surface area contributed by atoms with Crippen molar-refractivity contribution >= 4 is 10.0 Å². The van der Waals surface area contributed by atoms with Gasteiger partial charge >= 0.3 is 0 Å². The molecule has 1 N–H and O–H groups in total. The average molecular weight is 304 g/mol. The molecule has 4 nitrogen and oxygen atoms in total. The molecule has 0 radical (unpaired) electrons. The first-order valence-electron chi connectivity index (χ1n) is 6.17. The van der Waals surface area contributed by atoms with E-state index in [1.807, 2.05) is 25.1 Å². The van der Waals surface area contributed by atoms with E-state index < -0.39 is 15.8 Å². The third kappa shape index (κ3) is 3.66. The largest absolute Gasteiger partial charge is 0.240 e. The number of halogens is 1. The summed E-state index contributed by atoms with van der Waals surface area (Å²) >= 11 is 0. The Morgan fingerprint density at radius 3 is 2.67 bits per heavy atom. The minimum atomic E-state index is -3.79. The maximum atomic E-state index is 13.2. The minimum absolute atomic E-state index is 0.128. The first-order chi connectivity index (χ1) is 9.92. The van der Waals surface area contributed by atoms with Crippen LogP contribution in [0, 0.1) is 24.1 Å². The number of hydrogen-bond acceptors (Lipinski definition) is 3. The first kappa shape index (κ1) is 15.2. The molecule has 0 bridgehead atoms. The second-order valence-corrected chi connectivity index (χ2v) is 6.33. The summed E-state index contributed by atoms with van der Waals surface area (Å²) in [5.41, 5.74) is 1.55. The van der Waals surface area contributed by atoms with Gasteiger partial charge in [0.2, 0.25) is 10.0 Å². The number of benzene rings is 2. The molecule has 0 heterocycles. The summed E-state index contributed by atoms with van der Waals surface area (Å²) in [6, 6.07) is 12.2. The van der Waals surface area contributed by atoms with E-state index in [0.717, 1.165) is 29.3 Å². The lowest BCUT2D eigenvalue weighted by atomic mass is 10.1. The Hall–Kier alpha value is -2.23. The van der Waals surface area contributed by atoms with Crippen LogP contribution in [-0.2, 0) is 16.6 Å². The molecule has 0 fully saturated rings. The van der Waals surface area contributed by atoms with Crippen LogP contribution in [0.15, 0.2) is 47.4 Å². The van der Waals surface area contributed by atoms with Crippen LogP contribution >= 0.6 is 0 Å². The topological polar surface area (TPSA) is 70.0 Å². The smallest absolute Gasteiger partial charge is 0.207 e. The third-order valence-corrected chi connectivity index (χ3v) is 4.32. The molecule has 0 saturated carbocycles. The molecule has 0 saturated heterocycles. The molecule has 0 unspecified atom stereocenters. The standard InChI is InChI=1S/C15H13FN2O2S/c1-11-3-2-4-12(7-11)10-18-21(19,20)14-5-6-15(16)13(8-14)9-17/h2-8,18H,10H2,1H3. The molecule has 6 heteroatoms. The van der Waals surface area contributed by atoms with E-state index in [0.29, 0.717) is 0 Å². The average Bonchev–Trinajstić information content (AvgIpc) is 2.46. The molecule has 2 aromatic rings. The predicted molar refractivity (Wildman–Crippen MR) is 76.3 cm³/mol. The fourth-order valence-corrected chi connectivity index (χ4v) is 2.88. The van der Waals surface area contributed by atoms with Gasteiger partial charge in [0, 0.05) is 6.54 Å². The van der Waals surface area contributed by atoms with Gasteiger partial charge in [-0.05, 0) is 30.7 Å². The van der Waals surface area contributed by atoms with Crippen molar-refractivity contribution in [1.82, 2.24) is 4.72 Å². The fourth-order valence-electron chi connectivity index (χ4n) is 1.84. The second-order valence-electron chi connectivity index (χ2n) is 4.57. The van der Waals surface area contributed by atoms with E-state index in [9.17, 15) is 12.8 Å². The van der Waals surface area contributed by atoms with Gasteiger partial charge in [-0.25, -0.2) is 17.5 Å². The first-order valence-corrected chi connectivity index (χ1v) is 7.65. The highest BCUT2D eigenvalue weighted by molar-refractivity contribution is 7.89. The van der Waals surface area contributed by atoms with E-state index in [2.05, 4.69) is 4.72 Å². The fraction of sp³-hybridized carbons (Fsp3) is 0.133. The zero-order valence-electron chi connectivity index (χ0n) is 11.3. The van der Waals surface area contributed by atoms with Crippen LogP contribution in [0.4, 0.5) is 4.39 Å². The van der Waals surface area contributed by atoms with E-state index in [1.165, 1.54) is 0 Å². The van der Waals surface area contributed by atoms with Gasteiger partial charge in [-0.3, -0.25) is 0 Å². The Balaban J connectivity index is 2.21. The Bertz CT molecular complexity index is 811. The molecule has 0 amide bonds. The summed E-state index contributed by atoms with van der Waals surface area (Å²) in [7, 11) is -3.79. The van der Waals surface area contributed by atoms with E-state index in [1.54, 1.807) is 12.1 Å². The number of nitriles is 1. The lowest BCUT2D eigenvalue weighted by Gasteiger charge is -2.08. The Morgan fingerprint density at radius 2 is 2.00 bits per heavy atom. The van der Waals surface area contributed by atoms with Crippen molar-refractivity contribution < 1.29 is 12.8 Å². The maximum Gasteiger partial charge on any atom is 0.240 e. The van der Waals surface area contributed by atoms with Gasteiger partial charge in [-0.15, -0.1) is 0 Å². The molecule has 0 aliphatic carbocycles. The molecule has 21 heavy (non-hydrogen) atoms. The van der Waals surface area contributed by atoms with Gasteiger partial charge < -0.3 is 0 Å². The number of hydrogen-bond donors (Lipinski definition) is 1. The predicted octanol–water partition coefficient (Wildman–Crippen LogP) is 2.48. The summed E-state index contributed by atoms with van der Waals surface area (Å²) < 4.78 is 39.9. The molecular weight excluding hydrogens is 291 g/mol. The van der Waals surface area contributed by atoms with Gasteiger partial charge in [-0.1, -0.05) is 29.8 Å². The summed E-state index contributed by atoms with van der Waals surface area (Å²) in [6.45, 7) is 2.04. The van der Waals surface area contributed by atoms with Gasteiger partial charge in [0.05, 0.1) is 10.5 Å². The van der Waals surface area contributed by atoms with Crippen molar-refractivity contribution in [1.29, 1.82) is 5.26 Å². The Morgan fingerprint density at radius 1 is 1.24 bits per heavy atom. The van der Waals surface area contributed by atoms with Gasteiger partial charge in [0.15, 0.2) is 0 Å². The molecule has 0 aliphatic heterocycles.